The minimum atomic E-state index is -3.75. The van der Waals surface area contributed by atoms with E-state index in [1.54, 1.807) is 19.2 Å². The van der Waals surface area contributed by atoms with Crippen LogP contribution in [-0.2, 0) is 14.8 Å². The predicted octanol–water partition coefficient (Wildman–Crippen LogP) is 6.53. The summed E-state index contributed by atoms with van der Waals surface area (Å²) in [5, 5.41) is 7.21. The summed E-state index contributed by atoms with van der Waals surface area (Å²) >= 11 is 1.53. The lowest BCUT2D eigenvalue weighted by Crippen LogP contribution is -2.38. The quantitative estimate of drug-likeness (QED) is 0.247. The van der Waals surface area contributed by atoms with E-state index in [4.69, 9.17) is 9.72 Å². The molecule has 0 aliphatic heterocycles. The standard InChI is InChI=1S/C29H39N5O4S2/c1-6-31-40(36,37)26-16-22(32-27-9-7-8-24(34-27)18(2)3)14-15-23(26)25-17-30-28(39-25)20-10-12-21(13-11-20)33-29(35)38-19(4)5/h7-9,14-21,31H,6,10-13H2,1-5H3,(H,32,34)(H,33,35)/t20-,21-. The first-order valence-corrected chi connectivity index (χ1v) is 16.2. The van der Waals surface area contributed by atoms with Crippen LogP contribution in [0.5, 0.6) is 0 Å². The molecule has 11 heteroatoms. The zero-order chi connectivity index (χ0) is 28.9. The molecule has 1 saturated carbocycles. The highest BCUT2D eigenvalue weighted by Crippen LogP contribution is 2.40. The fraction of sp³-hybridized carbons (Fsp3) is 0.483. The van der Waals surface area contributed by atoms with E-state index >= 15 is 0 Å². The van der Waals surface area contributed by atoms with Gasteiger partial charge in [-0.05, 0) is 69.7 Å². The smallest absolute Gasteiger partial charge is 0.407 e. The van der Waals surface area contributed by atoms with E-state index in [0.717, 1.165) is 41.3 Å². The number of anilines is 2. The Morgan fingerprint density at radius 3 is 2.52 bits per heavy atom. The summed E-state index contributed by atoms with van der Waals surface area (Å²) < 4.78 is 34.4. The number of ether oxygens (including phenoxy) is 1. The zero-order valence-electron chi connectivity index (χ0n) is 23.7. The van der Waals surface area contributed by atoms with Crippen LogP contribution < -0.4 is 15.4 Å². The van der Waals surface area contributed by atoms with Crippen molar-refractivity contribution in [1.29, 1.82) is 0 Å². The molecule has 1 aromatic carbocycles. The SMILES string of the molecule is CCNS(=O)(=O)c1cc(Nc2cccc(C(C)C)n2)ccc1-c1cnc([C@H]2CC[C@H](NC(=O)OC(C)C)CC2)s1. The number of thiazole rings is 1. The average molecular weight is 586 g/mol. The van der Waals surface area contributed by atoms with E-state index in [2.05, 4.69) is 34.2 Å². The van der Waals surface area contributed by atoms with Gasteiger partial charge in [-0.2, -0.15) is 0 Å². The van der Waals surface area contributed by atoms with Crippen LogP contribution in [-0.4, -0.2) is 43.2 Å². The highest BCUT2D eigenvalue weighted by Gasteiger charge is 2.27. The van der Waals surface area contributed by atoms with E-state index in [9.17, 15) is 13.2 Å². The topological polar surface area (TPSA) is 122 Å². The molecule has 2 aromatic heterocycles. The fourth-order valence-corrected chi connectivity index (χ4v) is 7.26. The van der Waals surface area contributed by atoms with Crippen molar-refractivity contribution in [2.75, 3.05) is 11.9 Å². The number of nitrogens with one attached hydrogen (secondary N) is 3. The van der Waals surface area contributed by atoms with Crippen molar-refractivity contribution in [3.8, 4) is 10.4 Å². The molecule has 0 bridgehead atoms. The molecule has 1 aliphatic rings. The maximum Gasteiger partial charge on any atom is 0.407 e. The van der Waals surface area contributed by atoms with Gasteiger partial charge in [0.15, 0.2) is 0 Å². The van der Waals surface area contributed by atoms with E-state index in [0.29, 0.717) is 17.1 Å². The van der Waals surface area contributed by atoms with Gasteiger partial charge in [0.25, 0.3) is 0 Å². The predicted molar refractivity (Wildman–Crippen MR) is 160 cm³/mol. The first-order valence-electron chi connectivity index (χ1n) is 13.9. The normalized spacial score (nSPS) is 17.7. The summed E-state index contributed by atoms with van der Waals surface area (Å²) in [6.45, 7) is 9.87. The molecule has 40 heavy (non-hydrogen) atoms. The van der Waals surface area contributed by atoms with Gasteiger partial charge in [0, 0.05) is 41.6 Å². The van der Waals surface area contributed by atoms with Gasteiger partial charge in [-0.15, -0.1) is 11.3 Å². The van der Waals surface area contributed by atoms with Crippen molar-refractivity contribution < 1.29 is 17.9 Å². The number of carbonyl (C=O) groups excluding carboxylic acids is 1. The number of aromatic nitrogens is 2. The summed E-state index contributed by atoms with van der Waals surface area (Å²) in [4.78, 5) is 22.3. The van der Waals surface area contributed by atoms with Crippen LogP contribution in [0.4, 0.5) is 16.3 Å². The third-order valence-electron chi connectivity index (χ3n) is 6.77. The van der Waals surface area contributed by atoms with E-state index in [1.807, 2.05) is 44.2 Å². The lowest BCUT2D eigenvalue weighted by molar-refractivity contribution is 0.109. The van der Waals surface area contributed by atoms with Crippen LogP contribution in [0.25, 0.3) is 10.4 Å². The van der Waals surface area contributed by atoms with Gasteiger partial charge in [-0.3, -0.25) is 0 Å². The van der Waals surface area contributed by atoms with Crippen molar-refractivity contribution in [3.05, 3.63) is 53.3 Å². The molecule has 0 atom stereocenters. The monoisotopic (exact) mass is 585 g/mol. The second-order valence-corrected chi connectivity index (χ2v) is 13.4. The minimum Gasteiger partial charge on any atom is -0.447 e. The van der Waals surface area contributed by atoms with Crippen LogP contribution >= 0.6 is 11.3 Å². The number of benzene rings is 1. The van der Waals surface area contributed by atoms with Crippen molar-refractivity contribution in [2.24, 2.45) is 0 Å². The first-order chi connectivity index (χ1) is 19.1. The summed E-state index contributed by atoms with van der Waals surface area (Å²) in [7, 11) is -3.75. The third kappa shape index (κ3) is 7.58. The van der Waals surface area contributed by atoms with Gasteiger partial charge >= 0.3 is 6.09 Å². The third-order valence-corrected chi connectivity index (χ3v) is 9.55. The largest absolute Gasteiger partial charge is 0.447 e. The Bertz CT molecular complexity index is 1410. The van der Waals surface area contributed by atoms with E-state index in [-0.39, 0.29) is 41.5 Å². The second kappa shape index (κ2) is 13.1. The number of amides is 1. The van der Waals surface area contributed by atoms with Crippen molar-refractivity contribution in [3.63, 3.8) is 0 Å². The minimum absolute atomic E-state index is 0.0922. The first kappa shape index (κ1) is 30.0. The Hall–Kier alpha value is -3.02. The van der Waals surface area contributed by atoms with Crippen molar-refractivity contribution in [2.45, 2.75) is 89.2 Å². The molecule has 0 radical (unpaired) electrons. The highest BCUT2D eigenvalue weighted by atomic mass is 32.2. The van der Waals surface area contributed by atoms with Crippen LogP contribution in [0, 0.1) is 0 Å². The molecule has 0 saturated heterocycles. The van der Waals surface area contributed by atoms with Crippen LogP contribution in [0.2, 0.25) is 0 Å². The number of rotatable bonds is 10. The molecule has 3 N–H and O–H groups in total. The Morgan fingerprint density at radius 2 is 1.85 bits per heavy atom. The van der Waals surface area contributed by atoms with Gasteiger partial charge in [0.05, 0.1) is 20.9 Å². The molecule has 4 rings (SSSR count). The van der Waals surface area contributed by atoms with Crippen LogP contribution in [0.15, 0.2) is 47.5 Å². The molecule has 0 spiro atoms. The van der Waals surface area contributed by atoms with Gasteiger partial charge < -0.3 is 15.4 Å². The van der Waals surface area contributed by atoms with Gasteiger partial charge in [-0.25, -0.2) is 27.9 Å². The molecule has 1 aliphatic carbocycles. The summed E-state index contributed by atoms with van der Waals surface area (Å²) in [6.07, 6.45) is 4.74. The molecule has 1 fully saturated rings. The van der Waals surface area contributed by atoms with Crippen molar-refractivity contribution in [1.82, 2.24) is 20.0 Å². The van der Waals surface area contributed by atoms with Gasteiger partial charge in [-0.1, -0.05) is 32.9 Å². The molecule has 2 heterocycles. The van der Waals surface area contributed by atoms with Crippen molar-refractivity contribution >= 4 is 39.0 Å². The number of sulfonamides is 1. The molecular formula is C29H39N5O4S2. The number of carbonyl (C=O) groups is 1. The number of hydrogen-bond acceptors (Lipinski definition) is 8. The second-order valence-electron chi connectivity index (χ2n) is 10.6. The molecule has 0 unspecified atom stereocenters. The van der Waals surface area contributed by atoms with E-state index in [1.165, 1.54) is 11.3 Å². The number of nitrogens with zero attached hydrogens (tertiary/aromatic N) is 2. The Balaban J connectivity index is 1.53. The number of hydrogen-bond donors (Lipinski definition) is 3. The summed E-state index contributed by atoms with van der Waals surface area (Å²) in [6, 6.07) is 11.2. The Kier molecular flexibility index (Phi) is 9.81. The van der Waals surface area contributed by atoms with E-state index < -0.39 is 10.0 Å². The maximum atomic E-state index is 13.3. The zero-order valence-corrected chi connectivity index (χ0v) is 25.4. The Morgan fingerprint density at radius 1 is 1.10 bits per heavy atom. The fourth-order valence-electron chi connectivity index (χ4n) is 4.78. The summed E-state index contributed by atoms with van der Waals surface area (Å²) in [5.74, 6) is 1.21. The average Bonchev–Trinajstić information content (AvgIpc) is 3.39. The maximum absolute atomic E-state index is 13.3. The Labute approximate surface area is 241 Å². The molecule has 3 aromatic rings. The highest BCUT2D eigenvalue weighted by molar-refractivity contribution is 7.89. The molecular weight excluding hydrogens is 546 g/mol. The molecule has 1 amide bonds. The summed E-state index contributed by atoms with van der Waals surface area (Å²) in [5.41, 5.74) is 2.21. The van der Waals surface area contributed by atoms with Crippen LogP contribution in [0.1, 0.15) is 82.8 Å². The van der Waals surface area contributed by atoms with Crippen LogP contribution in [0.3, 0.4) is 0 Å². The number of alkyl carbamates (subject to hydrolysis) is 1. The number of pyridine rings is 1. The molecule has 9 nitrogen and oxygen atoms in total. The van der Waals surface area contributed by atoms with Gasteiger partial charge in [0.2, 0.25) is 10.0 Å². The molecule has 216 valence electrons. The van der Waals surface area contributed by atoms with Gasteiger partial charge in [0.1, 0.15) is 5.82 Å². The lowest BCUT2D eigenvalue weighted by atomic mass is 9.86. The lowest BCUT2D eigenvalue weighted by Gasteiger charge is -2.28.